The van der Waals surface area contributed by atoms with Gasteiger partial charge in [0, 0.05) is 18.9 Å². The fourth-order valence-corrected chi connectivity index (χ4v) is 4.79. The Morgan fingerprint density at radius 1 is 1.09 bits per heavy atom. The van der Waals surface area contributed by atoms with Crippen molar-refractivity contribution in [3.63, 3.8) is 0 Å². The lowest BCUT2D eigenvalue weighted by atomic mass is 10.0. The van der Waals surface area contributed by atoms with Gasteiger partial charge < -0.3 is 0 Å². The van der Waals surface area contributed by atoms with E-state index in [2.05, 4.69) is 18.8 Å². The summed E-state index contributed by atoms with van der Waals surface area (Å²) in [4.78, 5) is 4.40. The van der Waals surface area contributed by atoms with Crippen molar-refractivity contribution in [2.75, 3.05) is 6.54 Å². The molecule has 1 aromatic carbocycles. The van der Waals surface area contributed by atoms with Gasteiger partial charge in [0.25, 0.3) is 0 Å². The Bertz CT molecular complexity index is 755. The number of aromatic nitrogens is 1. The van der Waals surface area contributed by atoms with Crippen molar-refractivity contribution in [1.29, 1.82) is 0 Å². The predicted octanol–water partition coefficient (Wildman–Crippen LogP) is 3.73. The fourth-order valence-electron chi connectivity index (χ4n) is 3.11. The number of hydrogen-bond donors (Lipinski definition) is 0. The third kappa shape index (κ3) is 3.16. The smallest absolute Gasteiger partial charge is 0.243 e. The number of benzene rings is 1. The van der Waals surface area contributed by atoms with E-state index in [-0.39, 0.29) is 6.04 Å². The lowest BCUT2D eigenvalue weighted by molar-refractivity contribution is 0.396. The minimum Gasteiger partial charge on any atom is -0.265 e. The largest absolute Gasteiger partial charge is 0.265 e. The zero-order chi connectivity index (χ0) is 16.4. The van der Waals surface area contributed by atoms with Crippen LogP contribution in [0.25, 0.3) is 0 Å². The molecule has 23 heavy (non-hydrogen) atoms. The summed E-state index contributed by atoms with van der Waals surface area (Å²) in [6, 6.07) is 11.0. The van der Waals surface area contributed by atoms with Crippen LogP contribution in [0.2, 0.25) is 0 Å². The van der Waals surface area contributed by atoms with Crippen LogP contribution in [0.5, 0.6) is 0 Å². The summed E-state index contributed by atoms with van der Waals surface area (Å²) in [6.07, 6.45) is 5.18. The molecule has 1 atom stereocenters. The summed E-state index contributed by atoms with van der Waals surface area (Å²) >= 11 is 0. The van der Waals surface area contributed by atoms with Gasteiger partial charge in [0.1, 0.15) is 0 Å². The second-order valence-electron chi connectivity index (χ2n) is 6.28. The molecule has 1 aliphatic rings. The Hall–Kier alpha value is -1.72. The summed E-state index contributed by atoms with van der Waals surface area (Å²) in [7, 11) is -3.47. The molecular weight excluding hydrogens is 308 g/mol. The van der Waals surface area contributed by atoms with E-state index >= 15 is 0 Å². The minimum atomic E-state index is -3.47. The molecule has 1 aliphatic heterocycles. The van der Waals surface area contributed by atoms with Crippen molar-refractivity contribution in [2.24, 2.45) is 0 Å². The lowest BCUT2D eigenvalue weighted by Crippen LogP contribution is -2.30. The highest BCUT2D eigenvalue weighted by molar-refractivity contribution is 7.89. The highest BCUT2D eigenvalue weighted by Gasteiger charge is 2.36. The van der Waals surface area contributed by atoms with Crippen molar-refractivity contribution in [3.05, 3.63) is 59.9 Å². The second kappa shape index (κ2) is 6.42. The van der Waals surface area contributed by atoms with E-state index < -0.39 is 10.0 Å². The second-order valence-corrected chi connectivity index (χ2v) is 8.17. The van der Waals surface area contributed by atoms with Crippen molar-refractivity contribution in [3.8, 4) is 0 Å². The molecule has 1 saturated heterocycles. The van der Waals surface area contributed by atoms with E-state index in [0.29, 0.717) is 17.4 Å². The Morgan fingerprint density at radius 2 is 1.74 bits per heavy atom. The zero-order valence-corrected chi connectivity index (χ0v) is 14.3. The molecule has 4 nitrogen and oxygen atoms in total. The van der Waals surface area contributed by atoms with E-state index in [1.54, 1.807) is 28.8 Å². The van der Waals surface area contributed by atoms with Crippen LogP contribution in [0.4, 0.5) is 0 Å². The topological polar surface area (TPSA) is 50.3 Å². The number of nitrogens with zero attached hydrogens (tertiary/aromatic N) is 2. The molecule has 1 aromatic heterocycles. The molecule has 1 fully saturated rings. The van der Waals surface area contributed by atoms with Gasteiger partial charge in [-0.25, -0.2) is 8.42 Å². The molecule has 0 spiro atoms. The first-order valence-corrected chi connectivity index (χ1v) is 9.46. The van der Waals surface area contributed by atoms with Crippen molar-refractivity contribution in [2.45, 2.75) is 43.5 Å². The van der Waals surface area contributed by atoms with Gasteiger partial charge >= 0.3 is 0 Å². The van der Waals surface area contributed by atoms with E-state index in [1.165, 1.54) is 0 Å². The van der Waals surface area contributed by atoms with Crippen molar-refractivity contribution in [1.82, 2.24) is 9.29 Å². The average molecular weight is 330 g/mol. The van der Waals surface area contributed by atoms with Gasteiger partial charge in [-0.05, 0) is 54.2 Å². The van der Waals surface area contributed by atoms with Crippen LogP contribution < -0.4 is 0 Å². The third-order valence-electron chi connectivity index (χ3n) is 4.45. The van der Waals surface area contributed by atoms with Gasteiger partial charge in [-0.1, -0.05) is 26.0 Å². The Labute approximate surface area is 138 Å². The average Bonchev–Trinajstić information content (AvgIpc) is 3.06. The molecule has 0 N–H and O–H groups in total. The molecule has 2 heterocycles. The molecule has 3 rings (SSSR count). The molecule has 5 heteroatoms. The first kappa shape index (κ1) is 16.1. The van der Waals surface area contributed by atoms with Gasteiger partial charge in [0.15, 0.2) is 0 Å². The van der Waals surface area contributed by atoms with Crippen LogP contribution in [-0.4, -0.2) is 24.3 Å². The SMILES string of the molecule is CC(C)c1ccc(S(=O)(=O)N2CCCC2c2ccncc2)cc1. The standard InChI is InChI=1S/C18H22N2O2S/c1-14(2)15-5-7-17(8-6-15)23(21,22)20-13-3-4-18(20)16-9-11-19-12-10-16/h5-12,14,18H,3-4,13H2,1-2H3. The quantitative estimate of drug-likeness (QED) is 0.858. The van der Waals surface area contributed by atoms with Gasteiger partial charge in [0.2, 0.25) is 10.0 Å². The van der Waals surface area contributed by atoms with Crippen LogP contribution in [0.3, 0.4) is 0 Å². The minimum absolute atomic E-state index is 0.0900. The lowest BCUT2D eigenvalue weighted by Gasteiger charge is -2.24. The monoisotopic (exact) mass is 330 g/mol. The fraction of sp³-hybridized carbons (Fsp3) is 0.389. The Morgan fingerprint density at radius 3 is 2.35 bits per heavy atom. The van der Waals surface area contributed by atoms with Gasteiger partial charge in [-0.2, -0.15) is 4.31 Å². The molecule has 122 valence electrons. The third-order valence-corrected chi connectivity index (χ3v) is 6.37. The van der Waals surface area contributed by atoms with E-state index in [4.69, 9.17) is 0 Å². The maximum Gasteiger partial charge on any atom is 0.243 e. The molecule has 0 aliphatic carbocycles. The maximum absolute atomic E-state index is 13.0. The Kier molecular flexibility index (Phi) is 4.50. The van der Waals surface area contributed by atoms with Gasteiger partial charge in [-0.15, -0.1) is 0 Å². The molecule has 0 radical (unpaired) electrons. The number of sulfonamides is 1. The molecule has 1 unspecified atom stereocenters. The molecule has 2 aromatic rings. The van der Waals surface area contributed by atoms with Crippen LogP contribution in [0.15, 0.2) is 53.7 Å². The van der Waals surface area contributed by atoms with Crippen molar-refractivity contribution >= 4 is 10.0 Å². The first-order valence-electron chi connectivity index (χ1n) is 8.02. The number of pyridine rings is 1. The summed E-state index contributed by atoms with van der Waals surface area (Å²) in [6.45, 7) is 4.77. The highest BCUT2D eigenvalue weighted by Crippen LogP contribution is 2.36. The van der Waals surface area contributed by atoms with Gasteiger partial charge in [0.05, 0.1) is 10.9 Å². The highest BCUT2D eigenvalue weighted by atomic mass is 32.2. The molecular formula is C18H22N2O2S. The summed E-state index contributed by atoms with van der Waals surface area (Å²) < 4.78 is 27.7. The number of rotatable bonds is 4. The van der Waals surface area contributed by atoms with Crippen LogP contribution in [0, 0.1) is 0 Å². The van der Waals surface area contributed by atoms with Crippen LogP contribution in [-0.2, 0) is 10.0 Å². The van der Waals surface area contributed by atoms with Crippen molar-refractivity contribution < 1.29 is 8.42 Å². The predicted molar refractivity (Wildman–Crippen MR) is 90.6 cm³/mol. The van der Waals surface area contributed by atoms with Gasteiger partial charge in [-0.3, -0.25) is 4.98 Å². The Balaban J connectivity index is 1.92. The summed E-state index contributed by atoms with van der Waals surface area (Å²) in [5.74, 6) is 0.392. The zero-order valence-electron chi connectivity index (χ0n) is 13.5. The summed E-state index contributed by atoms with van der Waals surface area (Å²) in [5, 5.41) is 0. The molecule has 0 amide bonds. The summed E-state index contributed by atoms with van der Waals surface area (Å²) in [5.41, 5.74) is 2.16. The van der Waals surface area contributed by atoms with E-state index in [0.717, 1.165) is 24.0 Å². The molecule has 0 saturated carbocycles. The molecule has 0 bridgehead atoms. The maximum atomic E-state index is 13.0. The number of hydrogen-bond acceptors (Lipinski definition) is 3. The van der Waals surface area contributed by atoms with Crippen LogP contribution >= 0.6 is 0 Å². The van der Waals surface area contributed by atoms with E-state index in [1.807, 2.05) is 24.3 Å². The van der Waals surface area contributed by atoms with Crippen LogP contribution in [0.1, 0.15) is 49.8 Å². The first-order chi connectivity index (χ1) is 11.0. The normalized spacial score (nSPS) is 19.3. The van der Waals surface area contributed by atoms with E-state index in [9.17, 15) is 8.42 Å².